The summed E-state index contributed by atoms with van der Waals surface area (Å²) in [5.41, 5.74) is 0.0131. The number of sulfonamides is 1. The second kappa shape index (κ2) is 6.26. The molecule has 7 heteroatoms. The molecule has 0 bridgehead atoms. The van der Waals surface area contributed by atoms with Gasteiger partial charge in [0.2, 0.25) is 15.9 Å². The number of carbonyl (C=O) groups excluding carboxylic acids is 1. The van der Waals surface area contributed by atoms with Crippen LogP contribution in [0.5, 0.6) is 0 Å². The van der Waals surface area contributed by atoms with Gasteiger partial charge in [-0.05, 0) is 25.1 Å². The second-order valence-corrected chi connectivity index (χ2v) is 5.16. The van der Waals surface area contributed by atoms with Crippen molar-refractivity contribution in [3.05, 3.63) is 48.3 Å². The summed E-state index contributed by atoms with van der Waals surface area (Å²) in [4.78, 5) is 11.0. The van der Waals surface area contributed by atoms with Gasteiger partial charge in [0.05, 0.1) is 4.90 Å². The Bertz CT molecular complexity index is 636. The number of primary sulfonamides is 1. The molecule has 0 aromatic heterocycles. The van der Waals surface area contributed by atoms with Crippen molar-refractivity contribution in [3.63, 3.8) is 0 Å². The molecule has 102 valence electrons. The quantitative estimate of drug-likeness (QED) is 0.649. The Morgan fingerprint density at radius 2 is 2.00 bits per heavy atom. The van der Waals surface area contributed by atoms with Crippen molar-refractivity contribution in [2.45, 2.75) is 11.8 Å². The third-order valence-corrected chi connectivity index (χ3v) is 2.91. The van der Waals surface area contributed by atoms with Crippen molar-refractivity contribution in [1.29, 1.82) is 0 Å². The number of rotatable bonds is 4. The minimum absolute atomic E-state index is 0.0131. The summed E-state index contributed by atoms with van der Waals surface area (Å²) >= 11 is 0. The number of carbonyl (C=O) groups is 1. The van der Waals surface area contributed by atoms with Crippen molar-refractivity contribution in [3.8, 4) is 0 Å². The third-order valence-electron chi connectivity index (χ3n) is 2.02. The van der Waals surface area contributed by atoms with Gasteiger partial charge >= 0.3 is 0 Å². The molecule has 1 amide bonds. The smallest absolute Gasteiger partial charge is 0.248 e. The van der Waals surface area contributed by atoms with Gasteiger partial charge in [0.25, 0.3) is 0 Å². The number of hydrogen-bond donors (Lipinski definition) is 2. The van der Waals surface area contributed by atoms with E-state index in [4.69, 9.17) is 5.14 Å². The van der Waals surface area contributed by atoms with Crippen LogP contribution < -0.4 is 10.5 Å². The summed E-state index contributed by atoms with van der Waals surface area (Å²) in [6.07, 6.45) is 6.09. The van der Waals surface area contributed by atoms with E-state index >= 15 is 0 Å². The molecule has 5 nitrogen and oxygen atoms in total. The summed E-state index contributed by atoms with van der Waals surface area (Å²) < 4.78 is 35.4. The van der Waals surface area contributed by atoms with Crippen LogP contribution in [0.4, 0.5) is 10.1 Å². The minimum atomic E-state index is -4.03. The molecule has 0 saturated heterocycles. The van der Waals surface area contributed by atoms with Crippen LogP contribution in [0.25, 0.3) is 0 Å². The normalized spacial score (nSPS) is 12.2. The molecule has 0 atom stereocenters. The van der Waals surface area contributed by atoms with Crippen LogP contribution in [0.1, 0.15) is 6.92 Å². The van der Waals surface area contributed by atoms with Gasteiger partial charge < -0.3 is 5.32 Å². The molecule has 1 aromatic rings. The third kappa shape index (κ3) is 5.02. The zero-order chi connectivity index (χ0) is 14.5. The number of nitrogens with two attached hydrogens (primary N) is 1. The SMILES string of the molecule is C/C=C/C=C/C(=O)Nc1cc(F)cc(S(N)(=O)=O)c1. The van der Waals surface area contributed by atoms with Crippen LogP contribution in [0.2, 0.25) is 0 Å². The molecule has 1 rings (SSSR count). The predicted molar refractivity (Wildman–Crippen MR) is 70.4 cm³/mol. The van der Waals surface area contributed by atoms with Crippen molar-refractivity contribution in [2.75, 3.05) is 5.32 Å². The number of allylic oxidation sites excluding steroid dienone is 3. The van der Waals surface area contributed by atoms with Crippen molar-refractivity contribution >= 4 is 21.6 Å². The van der Waals surface area contributed by atoms with Gasteiger partial charge in [0.15, 0.2) is 0 Å². The average molecular weight is 284 g/mol. The predicted octanol–water partition coefficient (Wildman–Crippen LogP) is 1.54. The standard InChI is InChI=1S/C12H13FN2O3S/c1-2-3-4-5-12(16)15-10-6-9(13)7-11(8-10)19(14,17)18/h2-8H,1H3,(H,15,16)(H2,14,17,18)/b3-2+,5-4+. The number of benzene rings is 1. The zero-order valence-electron chi connectivity index (χ0n) is 10.1. The van der Waals surface area contributed by atoms with Gasteiger partial charge in [-0.25, -0.2) is 17.9 Å². The van der Waals surface area contributed by atoms with Crippen molar-refractivity contribution in [2.24, 2.45) is 5.14 Å². The number of hydrogen-bond acceptors (Lipinski definition) is 3. The van der Waals surface area contributed by atoms with E-state index in [1.165, 1.54) is 12.2 Å². The molecular formula is C12H13FN2O3S. The van der Waals surface area contributed by atoms with Gasteiger partial charge in [-0.1, -0.05) is 18.2 Å². The highest BCUT2D eigenvalue weighted by molar-refractivity contribution is 7.89. The van der Waals surface area contributed by atoms with Crippen LogP contribution >= 0.6 is 0 Å². The van der Waals surface area contributed by atoms with E-state index in [-0.39, 0.29) is 5.69 Å². The molecule has 0 radical (unpaired) electrons. The molecule has 0 saturated carbocycles. The summed E-state index contributed by atoms with van der Waals surface area (Å²) in [7, 11) is -4.03. The van der Waals surface area contributed by atoms with Gasteiger partial charge in [-0.2, -0.15) is 0 Å². The maximum absolute atomic E-state index is 13.2. The fourth-order valence-corrected chi connectivity index (χ4v) is 1.81. The first-order valence-electron chi connectivity index (χ1n) is 5.26. The fourth-order valence-electron chi connectivity index (χ4n) is 1.24. The number of nitrogens with one attached hydrogen (secondary N) is 1. The molecule has 0 heterocycles. The second-order valence-electron chi connectivity index (χ2n) is 3.59. The Hall–Kier alpha value is -1.99. The molecule has 1 aromatic carbocycles. The van der Waals surface area contributed by atoms with Crippen LogP contribution in [0.15, 0.2) is 47.4 Å². The van der Waals surface area contributed by atoms with Crippen LogP contribution in [-0.2, 0) is 14.8 Å². The van der Waals surface area contributed by atoms with E-state index in [2.05, 4.69) is 5.32 Å². The Morgan fingerprint density at radius 1 is 1.32 bits per heavy atom. The minimum Gasteiger partial charge on any atom is -0.322 e. The Labute approximate surface area is 110 Å². The topological polar surface area (TPSA) is 89.3 Å². The van der Waals surface area contributed by atoms with Crippen LogP contribution in [-0.4, -0.2) is 14.3 Å². The Kier molecular flexibility index (Phi) is 4.96. The van der Waals surface area contributed by atoms with Crippen LogP contribution in [0.3, 0.4) is 0 Å². The first-order valence-corrected chi connectivity index (χ1v) is 6.81. The molecule has 19 heavy (non-hydrogen) atoms. The molecule has 0 aliphatic heterocycles. The Balaban J connectivity index is 2.97. The number of anilines is 1. The fraction of sp³-hybridized carbons (Fsp3) is 0.0833. The van der Waals surface area contributed by atoms with E-state index < -0.39 is 26.6 Å². The lowest BCUT2D eigenvalue weighted by Crippen LogP contribution is -2.14. The highest BCUT2D eigenvalue weighted by Crippen LogP contribution is 2.17. The lowest BCUT2D eigenvalue weighted by Gasteiger charge is -2.05. The zero-order valence-corrected chi connectivity index (χ0v) is 10.9. The average Bonchev–Trinajstić information content (AvgIpc) is 2.27. The molecule has 0 unspecified atom stereocenters. The van der Waals surface area contributed by atoms with Gasteiger partial charge in [0, 0.05) is 11.8 Å². The van der Waals surface area contributed by atoms with Crippen LogP contribution in [0, 0.1) is 5.82 Å². The van der Waals surface area contributed by atoms with Gasteiger partial charge in [-0.15, -0.1) is 0 Å². The van der Waals surface area contributed by atoms with E-state index in [9.17, 15) is 17.6 Å². The maximum atomic E-state index is 13.2. The Morgan fingerprint density at radius 3 is 2.58 bits per heavy atom. The van der Waals surface area contributed by atoms with E-state index in [0.29, 0.717) is 0 Å². The largest absolute Gasteiger partial charge is 0.322 e. The van der Waals surface area contributed by atoms with Gasteiger partial charge in [-0.3, -0.25) is 4.79 Å². The van der Waals surface area contributed by atoms with E-state index in [1.54, 1.807) is 19.1 Å². The molecular weight excluding hydrogens is 271 g/mol. The summed E-state index contributed by atoms with van der Waals surface area (Å²) in [6.45, 7) is 1.78. The molecule has 0 fully saturated rings. The lowest BCUT2D eigenvalue weighted by molar-refractivity contribution is -0.111. The number of halogens is 1. The van der Waals surface area contributed by atoms with Crippen molar-refractivity contribution in [1.82, 2.24) is 0 Å². The molecule has 0 aliphatic carbocycles. The van der Waals surface area contributed by atoms with Gasteiger partial charge in [0.1, 0.15) is 5.82 Å². The maximum Gasteiger partial charge on any atom is 0.248 e. The highest BCUT2D eigenvalue weighted by atomic mass is 32.2. The number of amides is 1. The molecule has 3 N–H and O–H groups in total. The summed E-state index contributed by atoms with van der Waals surface area (Å²) in [6, 6.07) is 2.86. The summed E-state index contributed by atoms with van der Waals surface area (Å²) in [5.74, 6) is -1.32. The van der Waals surface area contributed by atoms with E-state index in [0.717, 1.165) is 18.2 Å². The first-order chi connectivity index (χ1) is 8.82. The van der Waals surface area contributed by atoms with Crippen molar-refractivity contribution < 1.29 is 17.6 Å². The highest BCUT2D eigenvalue weighted by Gasteiger charge is 2.11. The summed E-state index contributed by atoms with van der Waals surface area (Å²) in [5, 5.41) is 7.23. The molecule has 0 aliphatic rings. The first kappa shape index (κ1) is 15.1. The lowest BCUT2D eigenvalue weighted by atomic mass is 10.3. The van der Waals surface area contributed by atoms with E-state index in [1.807, 2.05) is 0 Å². The monoisotopic (exact) mass is 284 g/mol. The molecule has 0 spiro atoms.